The van der Waals surface area contributed by atoms with Gasteiger partial charge < -0.3 is 19.0 Å². The molecule has 0 aliphatic carbocycles. The second-order valence-electron chi connectivity index (χ2n) is 7.95. The lowest BCUT2D eigenvalue weighted by Gasteiger charge is -2.25. The Kier molecular flexibility index (Phi) is 5.72. The van der Waals surface area contributed by atoms with E-state index < -0.39 is 17.7 Å². The molecule has 1 atom stereocenters. The molecule has 7 heteroatoms. The Balaban J connectivity index is 2.02. The molecule has 1 amide bonds. The Bertz CT molecular complexity index is 1290. The van der Waals surface area contributed by atoms with Gasteiger partial charge in [-0.3, -0.25) is 14.5 Å². The Morgan fingerprint density at radius 3 is 2.36 bits per heavy atom. The lowest BCUT2D eigenvalue weighted by molar-refractivity contribution is -0.132. The van der Waals surface area contributed by atoms with Crippen LogP contribution in [-0.4, -0.2) is 31.0 Å². The summed E-state index contributed by atoms with van der Waals surface area (Å²) in [6, 6.07) is 13.0. The summed E-state index contributed by atoms with van der Waals surface area (Å²) in [7, 11) is 2.98. The summed E-state index contributed by atoms with van der Waals surface area (Å²) < 4.78 is 16.8. The molecule has 7 nitrogen and oxygen atoms in total. The van der Waals surface area contributed by atoms with Crippen LogP contribution in [-0.2, 0) is 9.59 Å². The number of ether oxygens (including phenoxy) is 2. The average molecular weight is 447 g/mol. The molecule has 1 aromatic heterocycles. The zero-order valence-electron chi connectivity index (χ0n) is 19.1. The van der Waals surface area contributed by atoms with Gasteiger partial charge in [0.15, 0.2) is 0 Å². The smallest absolute Gasteiger partial charge is 0.300 e. The number of methoxy groups -OCH3 is 2. The van der Waals surface area contributed by atoms with E-state index in [4.69, 9.17) is 13.9 Å². The number of carbonyl (C=O) groups is 2. The Labute approximate surface area is 191 Å². The van der Waals surface area contributed by atoms with Crippen LogP contribution in [0.5, 0.6) is 11.5 Å². The number of rotatable bonds is 5. The van der Waals surface area contributed by atoms with Crippen LogP contribution >= 0.6 is 0 Å². The van der Waals surface area contributed by atoms with Gasteiger partial charge in [0.25, 0.3) is 11.7 Å². The maximum absolute atomic E-state index is 13.3. The number of furan rings is 1. The van der Waals surface area contributed by atoms with Crippen LogP contribution in [0, 0.1) is 20.8 Å². The molecule has 2 aromatic carbocycles. The molecule has 0 spiro atoms. The SMILES string of the molecule is COc1ccccc1N1C(=O)C(=O)/C(=C(/O)c2cc(C)cc(C)c2OC)C1c1ccc(C)o1. The number of anilines is 1. The summed E-state index contributed by atoms with van der Waals surface area (Å²) in [6.45, 7) is 5.50. The number of aliphatic hydroxyl groups is 1. The second kappa shape index (κ2) is 8.50. The quantitative estimate of drug-likeness (QED) is 0.342. The molecule has 170 valence electrons. The molecule has 1 aliphatic heterocycles. The molecule has 0 radical (unpaired) electrons. The van der Waals surface area contributed by atoms with Crippen LogP contribution in [0.3, 0.4) is 0 Å². The van der Waals surface area contributed by atoms with Gasteiger partial charge in [-0.1, -0.05) is 18.2 Å². The molecule has 33 heavy (non-hydrogen) atoms. The number of ketones is 1. The fourth-order valence-electron chi connectivity index (χ4n) is 4.33. The molecule has 3 aromatic rings. The first-order valence-electron chi connectivity index (χ1n) is 10.4. The minimum absolute atomic E-state index is 0.0800. The number of carbonyl (C=O) groups excluding carboxylic acids is 2. The van der Waals surface area contributed by atoms with Crippen LogP contribution in [0.2, 0.25) is 0 Å². The van der Waals surface area contributed by atoms with Crippen molar-refractivity contribution in [2.45, 2.75) is 26.8 Å². The number of aryl methyl sites for hydroxylation is 3. The van der Waals surface area contributed by atoms with Crippen LogP contribution in [0.4, 0.5) is 5.69 Å². The van der Waals surface area contributed by atoms with Crippen molar-refractivity contribution in [1.82, 2.24) is 0 Å². The van der Waals surface area contributed by atoms with Gasteiger partial charge in [-0.05, 0) is 62.2 Å². The minimum Gasteiger partial charge on any atom is -0.507 e. The van der Waals surface area contributed by atoms with Crippen molar-refractivity contribution < 1.29 is 28.6 Å². The van der Waals surface area contributed by atoms with Crippen LogP contribution in [0.15, 0.2) is 58.5 Å². The largest absolute Gasteiger partial charge is 0.507 e. The number of hydrogen-bond acceptors (Lipinski definition) is 6. The molecule has 1 aliphatic rings. The number of aliphatic hydroxyl groups excluding tert-OH is 1. The highest BCUT2D eigenvalue weighted by molar-refractivity contribution is 6.51. The number of benzene rings is 2. The molecular weight excluding hydrogens is 422 g/mol. The van der Waals surface area contributed by atoms with Crippen molar-refractivity contribution in [3.63, 3.8) is 0 Å². The predicted molar refractivity (Wildman–Crippen MR) is 124 cm³/mol. The Morgan fingerprint density at radius 2 is 1.73 bits per heavy atom. The second-order valence-corrected chi connectivity index (χ2v) is 7.95. The van der Waals surface area contributed by atoms with Crippen molar-refractivity contribution in [3.8, 4) is 11.5 Å². The number of hydrogen-bond donors (Lipinski definition) is 1. The number of nitrogens with zero attached hydrogens (tertiary/aromatic N) is 1. The highest BCUT2D eigenvalue weighted by Gasteiger charge is 2.49. The topological polar surface area (TPSA) is 89.2 Å². The van der Waals surface area contributed by atoms with Crippen molar-refractivity contribution in [1.29, 1.82) is 0 Å². The third kappa shape index (κ3) is 3.65. The van der Waals surface area contributed by atoms with Gasteiger partial charge >= 0.3 is 0 Å². The van der Waals surface area contributed by atoms with E-state index in [0.29, 0.717) is 34.3 Å². The van der Waals surface area contributed by atoms with Crippen molar-refractivity contribution in [2.75, 3.05) is 19.1 Å². The fraction of sp³-hybridized carbons (Fsp3) is 0.231. The molecule has 0 bridgehead atoms. The zero-order valence-corrected chi connectivity index (χ0v) is 19.1. The first-order valence-corrected chi connectivity index (χ1v) is 10.4. The van der Waals surface area contributed by atoms with E-state index in [1.54, 1.807) is 49.4 Å². The molecule has 1 saturated heterocycles. The molecule has 1 N–H and O–H groups in total. The maximum atomic E-state index is 13.3. The van der Waals surface area contributed by atoms with Crippen molar-refractivity contribution in [3.05, 3.63) is 82.3 Å². The number of amides is 1. The van der Waals surface area contributed by atoms with E-state index >= 15 is 0 Å². The predicted octanol–water partition coefficient (Wildman–Crippen LogP) is 4.85. The van der Waals surface area contributed by atoms with Gasteiger partial charge in [0.05, 0.1) is 31.0 Å². The van der Waals surface area contributed by atoms with Gasteiger partial charge in [0.1, 0.15) is 34.8 Å². The summed E-state index contributed by atoms with van der Waals surface area (Å²) >= 11 is 0. The molecule has 1 fully saturated rings. The average Bonchev–Trinajstić information content (AvgIpc) is 3.33. The fourth-order valence-corrected chi connectivity index (χ4v) is 4.33. The molecule has 0 saturated carbocycles. The van der Waals surface area contributed by atoms with Gasteiger partial charge in [0, 0.05) is 0 Å². The van der Waals surface area contributed by atoms with Crippen LogP contribution in [0.25, 0.3) is 5.76 Å². The summed E-state index contributed by atoms with van der Waals surface area (Å²) in [6.07, 6.45) is 0. The van der Waals surface area contributed by atoms with Gasteiger partial charge in [-0.2, -0.15) is 0 Å². The molecular formula is C26H25NO6. The standard InChI is InChI=1S/C26H25NO6/c1-14-12-15(2)25(32-5)17(13-14)23(28)21-22(20-11-10-16(3)33-20)27(26(30)24(21)29)18-8-6-7-9-19(18)31-4/h6-13,22,28H,1-5H3/b23-21+. The number of para-hydroxylation sites is 2. The highest BCUT2D eigenvalue weighted by atomic mass is 16.5. The Morgan fingerprint density at radius 1 is 1.00 bits per heavy atom. The van der Waals surface area contributed by atoms with Crippen molar-refractivity contribution in [2.24, 2.45) is 0 Å². The normalized spacial score (nSPS) is 17.5. The van der Waals surface area contributed by atoms with E-state index in [2.05, 4.69) is 0 Å². The maximum Gasteiger partial charge on any atom is 0.300 e. The number of Topliss-reactive ketones (excluding diaryl/α,β-unsaturated/α-hetero) is 1. The van der Waals surface area contributed by atoms with Gasteiger partial charge in [-0.15, -0.1) is 0 Å². The molecule has 4 rings (SSSR count). The summed E-state index contributed by atoms with van der Waals surface area (Å²) in [4.78, 5) is 27.9. The van der Waals surface area contributed by atoms with Crippen LogP contribution in [0.1, 0.15) is 34.3 Å². The van der Waals surface area contributed by atoms with Crippen LogP contribution < -0.4 is 14.4 Å². The summed E-state index contributed by atoms with van der Waals surface area (Å²) in [5.41, 5.74) is 2.32. The third-order valence-corrected chi connectivity index (χ3v) is 5.70. The lowest BCUT2D eigenvalue weighted by atomic mass is 9.96. The van der Waals surface area contributed by atoms with E-state index in [1.165, 1.54) is 19.1 Å². The lowest BCUT2D eigenvalue weighted by Crippen LogP contribution is -2.29. The molecule has 2 heterocycles. The summed E-state index contributed by atoms with van der Waals surface area (Å²) in [5.74, 6) is -0.134. The van der Waals surface area contributed by atoms with Gasteiger partial charge in [0.2, 0.25) is 0 Å². The minimum atomic E-state index is -0.986. The zero-order chi connectivity index (χ0) is 23.9. The Hall–Kier alpha value is -4.00. The van der Waals surface area contributed by atoms with E-state index in [-0.39, 0.29) is 11.3 Å². The summed E-state index contributed by atoms with van der Waals surface area (Å²) in [5, 5.41) is 11.4. The first-order chi connectivity index (χ1) is 15.8. The van der Waals surface area contributed by atoms with Crippen molar-refractivity contribution >= 4 is 23.1 Å². The highest BCUT2D eigenvalue weighted by Crippen LogP contribution is 2.46. The monoisotopic (exact) mass is 447 g/mol. The van der Waals surface area contributed by atoms with E-state index in [1.807, 2.05) is 19.9 Å². The van der Waals surface area contributed by atoms with E-state index in [0.717, 1.165) is 11.1 Å². The van der Waals surface area contributed by atoms with E-state index in [9.17, 15) is 14.7 Å². The third-order valence-electron chi connectivity index (χ3n) is 5.70. The van der Waals surface area contributed by atoms with Gasteiger partial charge in [-0.25, -0.2) is 0 Å². The first kappa shape index (κ1) is 22.2. The molecule has 1 unspecified atom stereocenters.